The highest BCUT2D eigenvalue weighted by Gasteiger charge is 2.52. The summed E-state index contributed by atoms with van der Waals surface area (Å²) in [5, 5.41) is 10.2. The molecule has 18 heavy (non-hydrogen) atoms. The third-order valence-electron chi connectivity index (χ3n) is 5.04. The Kier molecular flexibility index (Phi) is 4.02. The lowest BCUT2D eigenvalue weighted by Gasteiger charge is -2.62. The standard InChI is InChI=1S/C14H28N2O2/c1-13(2)11-16(14(13,3)4)10-12(17)9-15-5-7-18-8-6-15/h12,17H,5-11H2,1-4H3. The molecule has 4 nitrogen and oxygen atoms in total. The molecule has 2 heterocycles. The molecule has 0 aliphatic carbocycles. The van der Waals surface area contributed by atoms with Crippen LogP contribution >= 0.6 is 0 Å². The van der Waals surface area contributed by atoms with E-state index in [0.717, 1.165) is 45.9 Å². The molecule has 1 unspecified atom stereocenters. The number of aliphatic hydroxyl groups is 1. The molecule has 0 aromatic carbocycles. The van der Waals surface area contributed by atoms with Gasteiger partial charge in [-0.15, -0.1) is 0 Å². The lowest BCUT2D eigenvalue weighted by Crippen LogP contribution is -2.70. The van der Waals surface area contributed by atoms with Crippen LogP contribution in [-0.2, 0) is 4.74 Å². The molecule has 0 spiro atoms. The van der Waals surface area contributed by atoms with Gasteiger partial charge in [-0.05, 0) is 19.3 Å². The minimum absolute atomic E-state index is 0.193. The molecule has 2 fully saturated rings. The van der Waals surface area contributed by atoms with Crippen molar-refractivity contribution in [2.45, 2.75) is 39.3 Å². The van der Waals surface area contributed by atoms with E-state index in [1.54, 1.807) is 0 Å². The normalized spacial score (nSPS) is 29.8. The zero-order valence-electron chi connectivity index (χ0n) is 12.3. The molecule has 1 atom stereocenters. The van der Waals surface area contributed by atoms with E-state index in [2.05, 4.69) is 37.5 Å². The van der Waals surface area contributed by atoms with Crippen molar-refractivity contribution in [1.29, 1.82) is 0 Å². The van der Waals surface area contributed by atoms with Crippen molar-refractivity contribution in [3.05, 3.63) is 0 Å². The van der Waals surface area contributed by atoms with Crippen LogP contribution in [0.3, 0.4) is 0 Å². The van der Waals surface area contributed by atoms with E-state index < -0.39 is 0 Å². The largest absolute Gasteiger partial charge is 0.390 e. The minimum atomic E-state index is -0.251. The van der Waals surface area contributed by atoms with E-state index in [1.807, 2.05) is 0 Å². The Morgan fingerprint density at radius 2 is 1.72 bits per heavy atom. The van der Waals surface area contributed by atoms with Crippen LogP contribution in [0.15, 0.2) is 0 Å². The predicted octanol–water partition coefficient (Wildman–Crippen LogP) is 0.800. The Hall–Kier alpha value is -0.160. The Labute approximate surface area is 111 Å². The molecule has 2 rings (SSSR count). The first-order chi connectivity index (χ1) is 8.33. The molecule has 0 aromatic heterocycles. The Morgan fingerprint density at radius 3 is 2.22 bits per heavy atom. The second-order valence-electron chi connectivity index (χ2n) is 6.89. The number of likely N-dealkylation sites (tertiary alicyclic amines) is 1. The summed E-state index contributed by atoms with van der Waals surface area (Å²) in [6.45, 7) is 15.3. The van der Waals surface area contributed by atoms with Crippen molar-refractivity contribution in [2.24, 2.45) is 5.41 Å². The molecule has 0 aromatic rings. The third-order valence-corrected chi connectivity index (χ3v) is 5.04. The zero-order chi connectivity index (χ0) is 13.4. The van der Waals surface area contributed by atoms with E-state index in [9.17, 15) is 5.11 Å². The van der Waals surface area contributed by atoms with Crippen molar-refractivity contribution in [3.63, 3.8) is 0 Å². The van der Waals surface area contributed by atoms with Crippen molar-refractivity contribution < 1.29 is 9.84 Å². The highest BCUT2D eigenvalue weighted by molar-refractivity contribution is 5.06. The molecule has 0 amide bonds. The summed E-state index contributed by atoms with van der Waals surface area (Å²) in [7, 11) is 0. The number of aliphatic hydroxyl groups excluding tert-OH is 1. The third kappa shape index (κ3) is 2.72. The van der Waals surface area contributed by atoms with Gasteiger partial charge >= 0.3 is 0 Å². The molecule has 0 saturated carbocycles. The van der Waals surface area contributed by atoms with Gasteiger partial charge in [-0.25, -0.2) is 0 Å². The fourth-order valence-electron chi connectivity index (χ4n) is 2.89. The quantitative estimate of drug-likeness (QED) is 0.807. The molecule has 2 aliphatic rings. The molecule has 1 N–H and O–H groups in total. The van der Waals surface area contributed by atoms with E-state index in [-0.39, 0.29) is 11.6 Å². The molecule has 2 aliphatic heterocycles. The number of β-amino-alcohol motifs (C(OH)–C–C–N with tert-alkyl or cyclic N) is 1. The molecule has 0 radical (unpaired) electrons. The minimum Gasteiger partial charge on any atom is -0.390 e. The second-order valence-corrected chi connectivity index (χ2v) is 6.89. The van der Waals surface area contributed by atoms with Crippen molar-refractivity contribution in [2.75, 3.05) is 45.9 Å². The Bertz CT molecular complexity index is 286. The van der Waals surface area contributed by atoms with E-state index in [4.69, 9.17) is 4.74 Å². The molecular formula is C14H28N2O2. The first kappa shape index (κ1) is 14.3. The van der Waals surface area contributed by atoms with Gasteiger partial charge < -0.3 is 9.84 Å². The maximum Gasteiger partial charge on any atom is 0.0794 e. The van der Waals surface area contributed by atoms with Crippen molar-refractivity contribution in [1.82, 2.24) is 9.80 Å². The summed E-state index contributed by atoms with van der Waals surface area (Å²) in [6, 6.07) is 0. The second kappa shape index (κ2) is 5.08. The Balaban J connectivity index is 1.76. The molecule has 106 valence electrons. The van der Waals surface area contributed by atoms with Gasteiger partial charge in [0, 0.05) is 38.3 Å². The zero-order valence-corrected chi connectivity index (χ0v) is 12.3. The smallest absolute Gasteiger partial charge is 0.0794 e. The summed E-state index contributed by atoms with van der Waals surface area (Å²) < 4.78 is 5.32. The number of hydrogen-bond donors (Lipinski definition) is 1. The van der Waals surface area contributed by atoms with Crippen LogP contribution in [0, 0.1) is 5.41 Å². The highest BCUT2D eigenvalue weighted by atomic mass is 16.5. The van der Waals surface area contributed by atoms with Crippen LogP contribution < -0.4 is 0 Å². The van der Waals surface area contributed by atoms with Crippen LogP contribution in [0.2, 0.25) is 0 Å². The lowest BCUT2D eigenvalue weighted by molar-refractivity contribution is -0.133. The van der Waals surface area contributed by atoms with Crippen molar-refractivity contribution in [3.8, 4) is 0 Å². The number of rotatable bonds is 4. The van der Waals surface area contributed by atoms with Gasteiger partial charge in [0.15, 0.2) is 0 Å². The summed E-state index contributed by atoms with van der Waals surface area (Å²) >= 11 is 0. The number of morpholine rings is 1. The van der Waals surface area contributed by atoms with Gasteiger partial charge in [-0.1, -0.05) is 13.8 Å². The first-order valence-electron chi connectivity index (χ1n) is 7.06. The number of nitrogens with zero attached hydrogens (tertiary/aromatic N) is 2. The topological polar surface area (TPSA) is 35.9 Å². The van der Waals surface area contributed by atoms with E-state index in [0.29, 0.717) is 5.41 Å². The number of ether oxygens (including phenoxy) is 1. The van der Waals surface area contributed by atoms with Crippen LogP contribution in [0.25, 0.3) is 0 Å². The first-order valence-corrected chi connectivity index (χ1v) is 7.06. The van der Waals surface area contributed by atoms with Gasteiger partial charge in [-0.3, -0.25) is 9.80 Å². The molecule has 4 heteroatoms. The van der Waals surface area contributed by atoms with Crippen molar-refractivity contribution >= 4 is 0 Å². The average Bonchev–Trinajstić information content (AvgIpc) is 2.29. The fourth-order valence-corrected chi connectivity index (χ4v) is 2.89. The predicted molar refractivity (Wildman–Crippen MR) is 72.7 cm³/mol. The summed E-state index contributed by atoms with van der Waals surface area (Å²) in [5.41, 5.74) is 0.546. The number of hydrogen-bond acceptors (Lipinski definition) is 4. The summed E-state index contributed by atoms with van der Waals surface area (Å²) in [5.74, 6) is 0. The highest BCUT2D eigenvalue weighted by Crippen LogP contribution is 2.46. The maximum atomic E-state index is 10.2. The average molecular weight is 256 g/mol. The lowest BCUT2D eigenvalue weighted by atomic mass is 9.65. The summed E-state index contributed by atoms with van der Waals surface area (Å²) in [4.78, 5) is 4.70. The molecular weight excluding hydrogens is 228 g/mol. The van der Waals surface area contributed by atoms with Gasteiger partial charge in [-0.2, -0.15) is 0 Å². The maximum absolute atomic E-state index is 10.2. The SMILES string of the molecule is CC1(C)CN(CC(O)CN2CCOCC2)C1(C)C. The Morgan fingerprint density at radius 1 is 1.11 bits per heavy atom. The van der Waals surface area contributed by atoms with Gasteiger partial charge in [0.25, 0.3) is 0 Å². The molecule has 2 saturated heterocycles. The van der Waals surface area contributed by atoms with Gasteiger partial charge in [0.1, 0.15) is 0 Å². The van der Waals surface area contributed by atoms with Gasteiger partial charge in [0.2, 0.25) is 0 Å². The van der Waals surface area contributed by atoms with Crippen LogP contribution in [-0.4, -0.2) is 72.5 Å². The monoisotopic (exact) mass is 256 g/mol. The van der Waals surface area contributed by atoms with Crippen LogP contribution in [0.5, 0.6) is 0 Å². The van der Waals surface area contributed by atoms with E-state index in [1.165, 1.54) is 0 Å². The molecule has 0 bridgehead atoms. The summed E-state index contributed by atoms with van der Waals surface area (Å²) in [6.07, 6.45) is -0.251. The van der Waals surface area contributed by atoms with Crippen LogP contribution in [0.4, 0.5) is 0 Å². The van der Waals surface area contributed by atoms with E-state index >= 15 is 0 Å². The van der Waals surface area contributed by atoms with Crippen LogP contribution in [0.1, 0.15) is 27.7 Å². The fraction of sp³-hybridized carbons (Fsp3) is 1.00. The van der Waals surface area contributed by atoms with Gasteiger partial charge in [0.05, 0.1) is 19.3 Å².